The molecule has 106 valence electrons. The Balaban J connectivity index is 1.50. The number of thiophene rings is 1. The van der Waals surface area contributed by atoms with Crippen LogP contribution in [-0.2, 0) is 6.54 Å². The molecule has 1 aliphatic heterocycles. The fraction of sp³-hybridized carbons (Fsp3) is 0.412. The van der Waals surface area contributed by atoms with Crippen molar-refractivity contribution in [2.24, 2.45) is 0 Å². The summed E-state index contributed by atoms with van der Waals surface area (Å²) in [6, 6.07) is 16.2. The van der Waals surface area contributed by atoms with Gasteiger partial charge in [0.1, 0.15) is 0 Å². The number of nitrogens with zero attached hydrogens (tertiary/aromatic N) is 1. The van der Waals surface area contributed by atoms with Gasteiger partial charge in [-0.25, -0.2) is 0 Å². The number of benzene rings is 1. The van der Waals surface area contributed by atoms with Crippen molar-refractivity contribution in [1.82, 2.24) is 10.2 Å². The molecule has 20 heavy (non-hydrogen) atoms. The number of likely N-dealkylation sites (tertiary alicyclic amines) is 1. The lowest BCUT2D eigenvalue weighted by atomic mass is 10.2. The highest BCUT2D eigenvalue weighted by Crippen LogP contribution is 2.21. The van der Waals surface area contributed by atoms with Crippen molar-refractivity contribution in [2.75, 3.05) is 13.1 Å². The lowest BCUT2D eigenvalue weighted by Crippen LogP contribution is -2.33. The minimum absolute atomic E-state index is 0.469. The molecular formula is C17H22N2S. The fourth-order valence-corrected chi connectivity index (χ4v) is 3.67. The summed E-state index contributed by atoms with van der Waals surface area (Å²) in [6.07, 6.45) is 1.25. The average molecular weight is 286 g/mol. The molecule has 2 nitrogen and oxygen atoms in total. The standard InChI is InChI=1S/C17H22N2S/c1-14(17-8-5-11-20-17)18-16-9-10-19(13-16)12-15-6-3-2-4-7-15/h2-8,11,14,16,18H,9-10,12-13H2,1H3. The summed E-state index contributed by atoms with van der Waals surface area (Å²) in [7, 11) is 0. The molecule has 1 aromatic carbocycles. The Labute approximate surface area is 125 Å². The maximum atomic E-state index is 3.77. The molecule has 0 spiro atoms. The molecule has 3 rings (SSSR count). The van der Waals surface area contributed by atoms with Gasteiger partial charge in [0, 0.05) is 36.6 Å². The average Bonchev–Trinajstić information content (AvgIpc) is 3.11. The van der Waals surface area contributed by atoms with E-state index in [0.29, 0.717) is 12.1 Å². The number of rotatable bonds is 5. The fourth-order valence-electron chi connectivity index (χ4n) is 2.93. The van der Waals surface area contributed by atoms with E-state index in [4.69, 9.17) is 0 Å². The summed E-state index contributed by atoms with van der Waals surface area (Å²) in [6.45, 7) is 5.70. The molecule has 1 fully saturated rings. The lowest BCUT2D eigenvalue weighted by Gasteiger charge is -2.20. The van der Waals surface area contributed by atoms with Crippen molar-refractivity contribution in [1.29, 1.82) is 0 Å². The number of hydrogen-bond acceptors (Lipinski definition) is 3. The molecule has 2 atom stereocenters. The minimum atomic E-state index is 0.469. The second-order valence-electron chi connectivity index (χ2n) is 5.61. The SMILES string of the molecule is CC(NC1CCN(Cc2ccccc2)C1)c1cccs1. The van der Waals surface area contributed by atoms with E-state index in [0.717, 1.165) is 13.1 Å². The molecule has 0 saturated carbocycles. The van der Waals surface area contributed by atoms with Crippen molar-refractivity contribution in [2.45, 2.75) is 32.0 Å². The van der Waals surface area contributed by atoms with Crippen LogP contribution in [-0.4, -0.2) is 24.0 Å². The van der Waals surface area contributed by atoms with E-state index in [2.05, 4.69) is 65.0 Å². The first-order valence-electron chi connectivity index (χ1n) is 7.37. The van der Waals surface area contributed by atoms with Gasteiger partial charge in [-0.15, -0.1) is 11.3 Å². The molecule has 1 saturated heterocycles. The second kappa shape index (κ2) is 6.53. The third-order valence-corrected chi connectivity index (χ3v) is 5.03. The monoisotopic (exact) mass is 286 g/mol. The molecule has 2 aromatic rings. The third kappa shape index (κ3) is 3.48. The predicted molar refractivity (Wildman–Crippen MR) is 86.0 cm³/mol. The van der Waals surface area contributed by atoms with Gasteiger partial charge in [-0.3, -0.25) is 4.90 Å². The largest absolute Gasteiger partial charge is 0.305 e. The van der Waals surface area contributed by atoms with E-state index in [-0.39, 0.29) is 0 Å². The molecule has 1 aromatic heterocycles. The topological polar surface area (TPSA) is 15.3 Å². The van der Waals surface area contributed by atoms with Crippen LogP contribution < -0.4 is 5.32 Å². The van der Waals surface area contributed by atoms with E-state index in [1.54, 1.807) is 0 Å². The highest BCUT2D eigenvalue weighted by atomic mass is 32.1. The van der Waals surface area contributed by atoms with Crippen molar-refractivity contribution < 1.29 is 0 Å². The Bertz CT molecular complexity index is 509. The van der Waals surface area contributed by atoms with Crippen LogP contribution in [0.15, 0.2) is 47.8 Å². The Kier molecular flexibility index (Phi) is 4.51. The van der Waals surface area contributed by atoms with Crippen LogP contribution in [0.2, 0.25) is 0 Å². The quantitative estimate of drug-likeness (QED) is 0.902. The maximum absolute atomic E-state index is 3.77. The van der Waals surface area contributed by atoms with Gasteiger partial charge in [0.15, 0.2) is 0 Å². The summed E-state index contributed by atoms with van der Waals surface area (Å²) in [5.41, 5.74) is 1.42. The van der Waals surface area contributed by atoms with Gasteiger partial charge in [-0.05, 0) is 30.4 Å². The Hall–Kier alpha value is -1.16. The molecule has 3 heteroatoms. The lowest BCUT2D eigenvalue weighted by molar-refractivity contribution is 0.316. The van der Waals surface area contributed by atoms with Crippen LogP contribution in [0.1, 0.15) is 29.8 Å². The van der Waals surface area contributed by atoms with E-state index in [1.807, 2.05) is 11.3 Å². The molecule has 2 unspecified atom stereocenters. The molecule has 0 bridgehead atoms. The van der Waals surface area contributed by atoms with E-state index in [9.17, 15) is 0 Å². The predicted octanol–water partition coefficient (Wildman–Crippen LogP) is 3.67. The van der Waals surface area contributed by atoms with Gasteiger partial charge >= 0.3 is 0 Å². The van der Waals surface area contributed by atoms with Crippen LogP contribution in [0, 0.1) is 0 Å². The summed E-state index contributed by atoms with van der Waals surface area (Å²) in [5.74, 6) is 0. The minimum Gasteiger partial charge on any atom is -0.305 e. The zero-order chi connectivity index (χ0) is 13.8. The highest BCUT2D eigenvalue weighted by molar-refractivity contribution is 7.10. The van der Waals surface area contributed by atoms with Crippen molar-refractivity contribution in [3.8, 4) is 0 Å². The van der Waals surface area contributed by atoms with Crippen molar-refractivity contribution in [3.05, 3.63) is 58.3 Å². The van der Waals surface area contributed by atoms with Gasteiger partial charge in [0.05, 0.1) is 0 Å². The van der Waals surface area contributed by atoms with E-state index in [1.165, 1.54) is 23.4 Å². The van der Waals surface area contributed by atoms with Crippen molar-refractivity contribution >= 4 is 11.3 Å². The normalized spacial score (nSPS) is 21.1. The third-order valence-electron chi connectivity index (χ3n) is 3.98. The zero-order valence-electron chi connectivity index (χ0n) is 12.0. The molecular weight excluding hydrogens is 264 g/mol. The van der Waals surface area contributed by atoms with Gasteiger partial charge in [-0.1, -0.05) is 36.4 Å². The molecule has 1 aliphatic rings. The Morgan fingerprint density at radius 1 is 1.25 bits per heavy atom. The summed E-state index contributed by atoms with van der Waals surface area (Å²) >= 11 is 1.84. The Morgan fingerprint density at radius 2 is 2.10 bits per heavy atom. The van der Waals surface area contributed by atoms with Gasteiger partial charge in [-0.2, -0.15) is 0 Å². The van der Waals surface area contributed by atoms with Gasteiger partial charge in [0.25, 0.3) is 0 Å². The van der Waals surface area contributed by atoms with Crippen LogP contribution in [0.5, 0.6) is 0 Å². The summed E-state index contributed by atoms with van der Waals surface area (Å²) < 4.78 is 0. The van der Waals surface area contributed by atoms with E-state index >= 15 is 0 Å². The van der Waals surface area contributed by atoms with Crippen LogP contribution >= 0.6 is 11.3 Å². The zero-order valence-corrected chi connectivity index (χ0v) is 12.8. The maximum Gasteiger partial charge on any atom is 0.0388 e. The highest BCUT2D eigenvalue weighted by Gasteiger charge is 2.23. The van der Waals surface area contributed by atoms with Crippen LogP contribution in [0.4, 0.5) is 0 Å². The number of nitrogens with one attached hydrogen (secondary N) is 1. The number of hydrogen-bond donors (Lipinski definition) is 1. The first kappa shape index (κ1) is 13.8. The first-order valence-corrected chi connectivity index (χ1v) is 8.25. The van der Waals surface area contributed by atoms with Crippen LogP contribution in [0.3, 0.4) is 0 Å². The van der Waals surface area contributed by atoms with Crippen LogP contribution in [0.25, 0.3) is 0 Å². The summed E-state index contributed by atoms with van der Waals surface area (Å²) in [4.78, 5) is 3.99. The van der Waals surface area contributed by atoms with Crippen molar-refractivity contribution in [3.63, 3.8) is 0 Å². The summed E-state index contributed by atoms with van der Waals surface area (Å²) in [5, 5.41) is 5.92. The van der Waals surface area contributed by atoms with Gasteiger partial charge in [0.2, 0.25) is 0 Å². The Morgan fingerprint density at radius 3 is 2.85 bits per heavy atom. The molecule has 2 heterocycles. The first-order chi connectivity index (χ1) is 9.81. The smallest absolute Gasteiger partial charge is 0.0388 e. The molecule has 0 amide bonds. The molecule has 0 radical (unpaired) electrons. The molecule has 0 aliphatic carbocycles. The van der Waals surface area contributed by atoms with Gasteiger partial charge < -0.3 is 5.32 Å². The van der Waals surface area contributed by atoms with E-state index < -0.39 is 0 Å². The second-order valence-corrected chi connectivity index (χ2v) is 6.59. The molecule has 1 N–H and O–H groups in total.